The second-order valence-electron chi connectivity index (χ2n) is 3.98. The van der Waals surface area contributed by atoms with Gasteiger partial charge >= 0.3 is 0 Å². The summed E-state index contributed by atoms with van der Waals surface area (Å²) in [7, 11) is 0. The van der Waals surface area contributed by atoms with Gasteiger partial charge in [0.05, 0.1) is 0 Å². The van der Waals surface area contributed by atoms with Crippen LogP contribution in [-0.2, 0) is 4.79 Å². The molecule has 1 aromatic carbocycles. The highest BCUT2D eigenvalue weighted by atomic mass is 16.1. The molecule has 0 saturated heterocycles. The van der Waals surface area contributed by atoms with E-state index in [1.165, 1.54) is 0 Å². The number of carbonyl (C=O) groups is 1. The number of amides is 1. The number of nitrogens with two attached hydrogens (primary N) is 1. The maximum Gasteiger partial charge on any atom is 0.244 e. The van der Waals surface area contributed by atoms with Gasteiger partial charge < -0.3 is 10.6 Å². The number of primary amides is 1. The van der Waals surface area contributed by atoms with Gasteiger partial charge in [-0.05, 0) is 30.2 Å². The third kappa shape index (κ3) is 2.23. The Labute approximate surface area is 101 Å². The maximum atomic E-state index is 11.6. The number of benzene rings is 1. The molecular weight excluding hydrogens is 212 g/mol. The van der Waals surface area contributed by atoms with E-state index in [1.807, 2.05) is 60.5 Å². The Morgan fingerprint density at radius 1 is 1.35 bits per heavy atom. The van der Waals surface area contributed by atoms with Gasteiger partial charge in [-0.15, -0.1) is 0 Å². The summed E-state index contributed by atoms with van der Waals surface area (Å²) in [5, 5.41) is 0. The molecule has 2 rings (SSSR count). The molecule has 0 spiro atoms. The summed E-state index contributed by atoms with van der Waals surface area (Å²) in [6.45, 7) is 2.03. The van der Waals surface area contributed by atoms with Crippen molar-refractivity contribution >= 4 is 11.6 Å². The molecule has 3 nitrogen and oxygen atoms in total. The van der Waals surface area contributed by atoms with Crippen molar-refractivity contribution in [3.05, 3.63) is 54.3 Å². The Kier molecular flexibility index (Phi) is 3.28. The topological polar surface area (TPSA) is 46.3 Å². The predicted molar refractivity (Wildman–Crippen MR) is 69.4 cm³/mol. The van der Waals surface area contributed by atoms with Crippen LogP contribution in [0, 0.1) is 0 Å². The normalized spacial score (nSPS) is 19.0. The number of allylic oxidation sites excluding steroid dienone is 2. The van der Waals surface area contributed by atoms with Crippen LogP contribution >= 0.6 is 0 Å². The van der Waals surface area contributed by atoms with Gasteiger partial charge in [-0.2, -0.15) is 0 Å². The smallest absolute Gasteiger partial charge is 0.244 e. The Morgan fingerprint density at radius 3 is 2.65 bits per heavy atom. The monoisotopic (exact) mass is 228 g/mol. The van der Waals surface area contributed by atoms with Gasteiger partial charge in [0.1, 0.15) is 6.04 Å². The molecule has 0 bridgehead atoms. The molecule has 3 heteroatoms. The Balaban J connectivity index is 2.38. The van der Waals surface area contributed by atoms with Crippen molar-refractivity contribution in [2.45, 2.75) is 19.4 Å². The van der Waals surface area contributed by atoms with Crippen LogP contribution < -0.4 is 10.6 Å². The van der Waals surface area contributed by atoms with Crippen LogP contribution in [0.2, 0.25) is 0 Å². The van der Waals surface area contributed by atoms with Crippen LogP contribution in [-0.4, -0.2) is 11.9 Å². The molecule has 0 saturated carbocycles. The van der Waals surface area contributed by atoms with E-state index in [0.29, 0.717) is 0 Å². The van der Waals surface area contributed by atoms with Gasteiger partial charge in [-0.1, -0.05) is 31.2 Å². The summed E-state index contributed by atoms with van der Waals surface area (Å²) in [5.41, 5.74) is 7.53. The van der Waals surface area contributed by atoms with Crippen molar-refractivity contribution < 1.29 is 4.79 Å². The molecule has 0 aliphatic carbocycles. The van der Waals surface area contributed by atoms with Crippen molar-refractivity contribution in [2.24, 2.45) is 5.73 Å². The van der Waals surface area contributed by atoms with Crippen molar-refractivity contribution in [2.75, 3.05) is 4.90 Å². The van der Waals surface area contributed by atoms with E-state index in [0.717, 1.165) is 17.7 Å². The minimum atomic E-state index is -0.368. The van der Waals surface area contributed by atoms with Gasteiger partial charge in [0.25, 0.3) is 0 Å². The molecule has 0 aromatic heterocycles. The van der Waals surface area contributed by atoms with E-state index in [1.54, 1.807) is 0 Å². The van der Waals surface area contributed by atoms with Crippen LogP contribution in [0.3, 0.4) is 0 Å². The van der Waals surface area contributed by atoms with Crippen LogP contribution in [0.4, 0.5) is 5.69 Å². The fourth-order valence-electron chi connectivity index (χ4n) is 2.08. The number of rotatable bonds is 3. The van der Waals surface area contributed by atoms with Crippen LogP contribution in [0.5, 0.6) is 0 Å². The lowest BCUT2D eigenvalue weighted by Crippen LogP contribution is -2.44. The molecule has 2 N–H and O–H groups in total. The lowest BCUT2D eigenvalue weighted by atomic mass is 9.99. The molecule has 1 aliphatic heterocycles. The van der Waals surface area contributed by atoms with Gasteiger partial charge in [-0.3, -0.25) is 4.79 Å². The first-order chi connectivity index (χ1) is 8.24. The molecule has 1 aliphatic rings. The van der Waals surface area contributed by atoms with Crippen LogP contribution in [0.1, 0.15) is 13.3 Å². The summed E-state index contributed by atoms with van der Waals surface area (Å²) < 4.78 is 0. The molecule has 1 unspecified atom stereocenters. The molecular formula is C14H16N2O. The van der Waals surface area contributed by atoms with Crippen LogP contribution in [0.15, 0.2) is 54.3 Å². The fraction of sp³-hybridized carbons (Fsp3) is 0.214. The average Bonchev–Trinajstić information content (AvgIpc) is 2.38. The van der Waals surface area contributed by atoms with E-state index < -0.39 is 0 Å². The molecule has 1 aromatic rings. The summed E-state index contributed by atoms with van der Waals surface area (Å²) in [4.78, 5) is 13.5. The first-order valence-electron chi connectivity index (χ1n) is 5.74. The average molecular weight is 228 g/mol. The zero-order chi connectivity index (χ0) is 12.3. The first-order valence-corrected chi connectivity index (χ1v) is 5.74. The highest BCUT2D eigenvalue weighted by molar-refractivity contribution is 5.88. The van der Waals surface area contributed by atoms with E-state index in [-0.39, 0.29) is 11.9 Å². The number of para-hydroxylation sites is 1. The SMILES string of the molecule is CCC1=CC=CN(c2ccccc2)C1C(N)=O. The molecule has 1 amide bonds. The third-order valence-corrected chi connectivity index (χ3v) is 2.92. The Morgan fingerprint density at radius 2 is 2.06 bits per heavy atom. The van der Waals surface area contributed by atoms with E-state index in [9.17, 15) is 4.79 Å². The van der Waals surface area contributed by atoms with Gasteiger partial charge in [-0.25, -0.2) is 0 Å². The van der Waals surface area contributed by atoms with Crippen molar-refractivity contribution in [3.63, 3.8) is 0 Å². The zero-order valence-corrected chi connectivity index (χ0v) is 9.84. The number of carbonyl (C=O) groups excluding carboxylic acids is 1. The number of nitrogens with zero attached hydrogens (tertiary/aromatic N) is 1. The maximum absolute atomic E-state index is 11.6. The van der Waals surface area contributed by atoms with E-state index in [2.05, 4.69) is 0 Å². The minimum absolute atomic E-state index is 0.314. The molecule has 0 fully saturated rings. The van der Waals surface area contributed by atoms with E-state index in [4.69, 9.17) is 5.73 Å². The third-order valence-electron chi connectivity index (χ3n) is 2.92. The first kappa shape index (κ1) is 11.5. The number of hydrogen-bond acceptors (Lipinski definition) is 2. The highest BCUT2D eigenvalue weighted by Gasteiger charge is 2.27. The molecule has 1 atom stereocenters. The van der Waals surface area contributed by atoms with Crippen molar-refractivity contribution in [1.82, 2.24) is 0 Å². The second kappa shape index (κ2) is 4.87. The van der Waals surface area contributed by atoms with Crippen molar-refractivity contribution in [3.8, 4) is 0 Å². The number of hydrogen-bond donors (Lipinski definition) is 1. The predicted octanol–water partition coefficient (Wildman–Crippen LogP) is 2.21. The van der Waals surface area contributed by atoms with Crippen LogP contribution in [0.25, 0.3) is 0 Å². The number of anilines is 1. The Bertz CT molecular complexity index is 462. The fourth-order valence-corrected chi connectivity index (χ4v) is 2.08. The molecule has 17 heavy (non-hydrogen) atoms. The van der Waals surface area contributed by atoms with E-state index >= 15 is 0 Å². The summed E-state index contributed by atoms with van der Waals surface area (Å²) in [6, 6.07) is 9.42. The lowest BCUT2D eigenvalue weighted by molar-refractivity contribution is -0.118. The molecule has 88 valence electrons. The lowest BCUT2D eigenvalue weighted by Gasteiger charge is -2.32. The summed E-state index contributed by atoms with van der Waals surface area (Å²) in [5.74, 6) is -0.314. The molecule has 1 heterocycles. The molecule has 0 radical (unpaired) electrons. The Hall–Kier alpha value is -2.03. The summed E-state index contributed by atoms with van der Waals surface area (Å²) >= 11 is 0. The van der Waals surface area contributed by atoms with Gasteiger partial charge in [0, 0.05) is 11.9 Å². The second-order valence-corrected chi connectivity index (χ2v) is 3.98. The quantitative estimate of drug-likeness (QED) is 0.862. The summed E-state index contributed by atoms with van der Waals surface area (Å²) in [6.07, 6.45) is 6.63. The standard InChI is InChI=1S/C14H16N2O/c1-2-11-7-6-10-16(13(11)14(15)17)12-8-4-3-5-9-12/h3-10,13H,2H2,1H3,(H2,15,17). The zero-order valence-electron chi connectivity index (χ0n) is 9.84. The van der Waals surface area contributed by atoms with Crippen molar-refractivity contribution in [1.29, 1.82) is 0 Å². The largest absolute Gasteiger partial charge is 0.368 e. The van der Waals surface area contributed by atoms with Gasteiger partial charge in [0.15, 0.2) is 0 Å². The minimum Gasteiger partial charge on any atom is -0.368 e. The van der Waals surface area contributed by atoms with Gasteiger partial charge in [0.2, 0.25) is 5.91 Å². The highest BCUT2D eigenvalue weighted by Crippen LogP contribution is 2.25.